The molecule has 1 aliphatic carbocycles. The van der Waals surface area contributed by atoms with Crippen LogP contribution in [-0.4, -0.2) is 47.2 Å². The third kappa shape index (κ3) is 4.60. The second-order valence-electron chi connectivity index (χ2n) is 6.81. The summed E-state index contributed by atoms with van der Waals surface area (Å²) in [5.41, 5.74) is 1.22. The van der Waals surface area contributed by atoms with Gasteiger partial charge in [-0.1, -0.05) is 25.0 Å². The number of carboxylic acids is 1. The van der Waals surface area contributed by atoms with E-state index in [0.717, 1.165) is 19.1 Å². The predicted octanol–water partition coefficient (Wildman–Crippen LogP) is 0.950. The fourth-order valence-corrected chi connectivity index (χ4v) is 3.63. The van der Waals surface area contributed by atoms with Crippen LogP contribution < -0.4 is 5.32 Å². The van der Waals surface area contributed by atoms with Crippen LogP contribution in [0.15, 0.2) is 24.3 Å². The Morgan fingerprint density at radius 1 is 1.35 bits per heavy atom. The van der Waals surface area contributed by atoms with E-state index < -0.39 is 27.8 Å². The van der Waals surface area contributed by atoms with Crippen molar-refractivity contribution in [1.82, 2.24) is 14.9 Å². The zero-order valence-electron chi connectivity index (χ0n) is 14.4. The number of carbonyl (C=O) groups excluding carboxylic acids is 1. The maximum atomic E-state index is 12.4. The molecule has 1 saturated carbocycles. The normalized spacial score (nSPS) is 15.7. The van der Waals surface area contributed by atoms with Gasteiger partial charge in [0.15, 0.2) is 9.84 Å². The van der Waals surface area contributed by atoms with Crippen molar-refractivity contribution in [1.29, 1.82) is 0 Å². The zero-order valence-corrected chi connectivity index (χ0v) is 15.2. The van der Waals surface area contributed by atoms with E-state index in [9.17, 15) is 23.1 Å². The van der Waals surface area contributed by atoms with E-state index >= 15 is 0 Å². The average molecular weight is 379 g/mol. The molecule has 1 aliphatic rings. The molecule has 8 nitrogen and oxygen atoms in total. The number of aliphatic carboxylic acids is 1. The van der Waals surface area contributed by atoms with E-state index in [1.165, 1.54) is 4.57 Å². The van der Waals surface area contributed by atoms with Gasteiger partial charge >= 0.3 is 5.97 Å². The second kappa shape index (κ2) is 7.06. The number of amides is 1. The van der Waals surface area contributed by atoms with Crippen LogP contribution in [0.2, 0.25) is 0 Å². The highest BCUT2D eigenvalue weighted by atomic mass is 32.2. The molecule has 0 radical (unpaired) electrons. The Balaban J connectivity index is 1.83. The van der Waals surface area contributed by atoms with Crippen molar-refractivity contribution in [2.75, 3.05) is 6.26 Å². The third-order valence-corrected chi connectivity index (χ3v) is 5.11. The zero-order chi connectivity index (χ0) is 18.9. The molecule has 0 saturated heterocycles. The molecule has 0 spiro atoms. The molecule has 3 rings (SSSR count). The Labute approximate surface area is 151 Å². The van der Waals surface area contributed by atoms with Crippen LogP contribution in [0.1, 0.15) is 25.1 Å². The first kappa shape index (κ1) is 18.4. The van der Waals surface area contributed by atoms with Gasteiger partial charge in [-0.3, -0.25) is 4.79 Å². The topological polar surface area (TPSA) is 118 Å². The quantitative estimate of drug-likeness (QED) is 0.705. The summed E-state index contributed by atoms with van der Waals surface area (Å²) in [6.45, 7) is -0.181. The smallest absolute Gasteiger partial charge is 0.326 e. The Hall–Kier alpha value is -2.42. The number of aromatic nitrogens is 2. The number of sulfone groups is 1. The Bertz CT molecular complexity index is 946. The van der Waals surface area contributed by atoms with Gasteiger partial charge < -0.3 is 15.0 Å². The first-order valence-electron chi connectivity index (χ1n) is 8.37. The number of fused-ring (bicyclic) bond motifs is 1. The van der Waals surface area contributed by atoms with Crippen LogP contribution in [0.25, 0.3) is 11.0 Å². The minimum absolute atomic E-state index is 0.181. The number of carbonyl (C=O) groups is 2. The fraction of sp³-hybridized carbons (Fsp3) is 0.471. The maximum absolute atomic E-state index is 12.4. The summed E-state index contributed by atoms with van der Waals surface area (Å²) in [6.07, 6.45) is 3.50. The summed E-state index contributed by atoms with van der Waals surface area (Å²) < 4.78 is 24.9. The molecule has 140 valence electrons. The fourth-order valence-electron chi connectivity index (χ4n) is 2.94. The van der Waals surface area contributed by atoms with E-state index in [0.29, 0.717) is 23.4 Å². The molecule has 1 heterocycles. The largest absolute Gasteiger partial charge is 0.480 e. The van der Waals surface area contributed by atoms with Crippen molar-refractivity contribution in [3.8, 4) is 0 Å². The third-order valence-electron chi connectivity index (χ3n) is 4.33. The van der Waals surface area contributed by atoms with Crippen LogP contribution in [0.4, 0.5) is 0 Å². The molecular weight excluding hydrogens is 358 g/mol. The van der Waals surface area contributed by atoms with E-state index in [4.69, 9.17) is 0 Å². The maximum Gasteiger partial charge on any atom is 0.326 e. The van der Waals surface area contributed by atoms with Crippen LogP contribution in [0, 0.1) is 5.92 Å². The van der Waals surface area contributed by atoms with Gasteiger partial charge in [0, 0.05) is 6.26 Å². The molecule has 1 amide bonds. The number of benzene rings is 1. The Morgan fingerprint density at radius 3 is 2.65 bits per heavy atom. The van der Waals surface area contributed by atoms with Crippen LogP contribution in [0.5, 0.6) is 0 Å². The van der Waals surface area contributed by atoms with Crippen molar-refractivity contribution < 1.29 is 23.1 Å². The SMILES string of the molecule is CS(=O)(=O)Cc1nc2ccccc2n1CC(=O)NC(CC1CC1)C(=O)O. The molecule has 26 heavy (non-hydrogen) atoms. The van der Waals surface area contributed by atoms with Crippen LogP contribution in [0.3, 0.4) is 0 Å². The van der Waals surface area contributed by atoms with Gasteiger partial charge in [0.1, 0.15) is 24.2 Å². The molecule has 1 fully saturated rings. The number of nitrogens with zero attached hydrogens (tertiary/aromatic N) is 2. The summed E-state index contributed by atoms with van der Waals surface area (Å²) in [5.74, 6) is -1.21. The minimum Gasteiger partial charge on any atom is -0.480 e. The lowest BCUT2D eigenvalue weighted by Gasteiger charge is -2.15. The van der Waals surface area contributed by atoms with Gasteiger partial charge in [0.05, 0.1) is 11.0 Å². The first-order chi connectivity index (χ1) is 12.2. The van der Waals surface area contributed by atoms with E-state index in [-0.39, 0.29) is 18.1 Å². The summed E-state index contributed by atoms with van der Waals surface area (Å²) in [6, 6.07) is 6.11. The molecule has 2 aromatic rings. The van der Waals surface area contributed by atoms with Crippen molar-refractivity contribution in [3.05, 3.63) is 30.1 Å². The van der Waals surface area contributed by atoms with Gasteiger partial charge in [-0.25, -0.2) is 18.2 Å². The molecular formula is C17H21N3O5S. The molecule has 1 aromatic carbocycles. The lowest BCUT2D eigenvalue weighted by molar-refractivity contribution is -0.142. The second-order valence-corrected chi connectivity index (χ2v) is 8.95. The molecule has 1 atom stereocenters. The number of nitrogens with one attached hydrogen (secondary N) is 1. The summed E-state index contributed by atoms with van der Waals surface area (Å²) in [4.78, 5) is 28.1. The average Bonchev–Trinajstić information content (AvgIpc) is 3.29. The van der Waals surface area contributed by atoms with Crippen LogP contribution >= 0.6 is 0 Å². The van der Waals surface area contributed by atoms with Crippen molar-refractivity contribution in [2.45, 2.75) is 37.6 Å². The van der Waals surface area contributed by atoms with Gasteiger partial charge in [-0.15, -0.1) is 0 Å². The molecule has 2 N–H and O–H groups in total. The first-order valence-corrected chi connectivity index (χ1v) is 10.4. The van der Waals surface area contributed by atoms with Gasteiger partial charge in [0.2, 0.25) is 5.91 Å². The molecule has 1 unspecified atom stereocenters. The summed E-state index contributed by atoms with van der Waals surface area (Å²) in [5, 5.41) is 11.8. The number of hydrogen-bond acceptors (Lipinski definition) is 5. The molecule has 0 aliphatic heterocycles. The minimum atomic E-state index is -3.34. The van der Waals surface area contributed by atoms with Crippen molar-refractivity contribution in [2.24, 2.45) is 5.92 Å². The van der Waals surface area contributed by atoms with E-state index in [1.807, 2.05) is 0 Å². The summed E-state index contributed by atoms with van der Waals surface area (Å²) in [7, 11) is -3.34. The van der Waals surface area contributed by atoms with E-state index in [1.54, 1.807) is 24.3 Å². The van der Waals surface area contributed by atoms with Crippen molar-refractivity contribution >= 4 is 32.7 Å². The highest BCUT2D eigenvalue weighted by molar-refractivity contribution is 7.89. The van der Waals surface area contributed by atoms with Gasteiger partial charge in [-0.05, 0) is 24.5 Å². The highest BCUT2D eigenvalue weighted by Gasteiger charge is 2.30. The standard InChI is InChI=1S/C17H21N3O5S/c1-26(24,25)10-15-18-12-4-2-3-5-14(12)20(15)9-16(21)19-13(17(22)23)8-11-6-7-11/h2-5,11,13H,6-10H2,1H3,(H,19,21)(H,22,23). The van der Waals surface area contributed by atoms with Crippen LogP contribution in [-0.2, 0) is 31.7 Å². The number of imidazole rings is 1. The Morgan fingerprint density at radius 2 is 2.04 bits per heavy atom. The number of rotatable bonds is 8. The number of hydrogen-bond donors (Lipinski definition) is 2. The van der Waals surface area contributed by atoms with Gasteiger partial charge in [0.25, 0.3) is 0 Å². The highest BCUT2D eigenvalue weighted by Crippen LogP contribution is 2.33. The van der Waals surface area contributed by atoms with Crippen molar-refractivity contribution in [3.63, 3.8) is 0 Å². The van der Waals surface area contributed by atoms with E-state index in [2.05, 4.69) is 10.3 Å². The monoisotopic (exact) mass is 379 g/mol. The molecule has 9 heteroatoms. The number of para-hydroxylation sites is 2. The van der Waals surface area contributed by atoms with Gasteiger partial charge in [-0.2, -0.15) is 0 Å². The molecule has 1 aromatic heterocycles. The summed E-state index contributed by atoms with van der Waals surface area (Å²) >= 11 is 0. The number of carboxylic acid groups (broad SMARTS) is 1. The molecule has 0 bridgehead atoms. The Kier molecular flexibility index (Phi) is 4.99. The predicted molar refractivity (Wildman–Crippen MR) is 95.2 cm³/mol. The lowest BCUT2D eigenvalue weighted by Crippen LogP contribution is -2.42. The lowest BCUT2D eigenvalue weighted by atomic mass is 10.1.